The van der Waals surface area contributed by atoms with Crippen LogP contribution < -0.4 is 4.74 Å². The van der Waals surface area contributed by atoms with E-state index < -0.39 is 0 Å². The molecule has 0 spiro atoms. The molecule has 3 aromatic rings. The van der Waals surface area contributed by atoms with Crippen molar-refractivity contribution in [1.82, 2.24) is 14.8 Å². The van der Waals surface area contributed by atoms with Gasteiger partial charge >= 0.3 is 0 Å². The second-order valence-corrected chi connectivity index (χ2v) is 8.89. The second-order valence-electron chi connectivity index (χ2n) is 8.89. The first-order chi connectivity index (χ1) is 16.6. The Morgan fingerprint density at radius 1 is 1.12 bits per heavy atom. The van der Waals surface area contributed by atoms with Gasteiger partial charge in [-0.15, -0.1) is 0 Å². The van der Waals surface area contributed by atoms with Gasteiger partial charge in [0.25, 0.3) is 0 Å². The van der Waals surface area contributed by atoms with Crippen LogP contribution >= 0.6 is 0 Å². The number of ether oxygens (including phenoxy) is 2. The molecule has 1 saturated heterocycles. The summed E-state index contributed by atoms with van der Waals surface area (Å²) in [6.45, 7) is 13.1. The lowest BCUT2D eigenvalue weighted by molar-refractivity contribution is -0.119. The first kappa shape index (κ1) is 25.7. The molecule has 1 amide bonds. The zero-order valence-electron chi connectivity index (χ0n) is 20.7. The fraction of sp³-hybridized carbons (Fsp3) is 0.429. The molecule has 2 aromatic carbocycles. The van der Waals surface area contributed by atoms with Crippen LogP contribution in [-0.4, -0.2) is 60.6 Å². The Hall–Kier alpha value is -2.96. The van der Waals surface area contributed by atoms with Gasteiger partial charge in [0, 0.05) is 49.9 Å². The number of carbonyl (C=O) groups excluding carboxylic acids is 1. The number of carbonyl (C=O) groups is 1. The zero-order valence-corrected chi connectivity index (χ0v) is 20.7. The summed E-state index contributed by atoms with van der Waals surface area (Å²) in [5.74, 6) is 1.49. The average Bonchev–Trinajstić information content (AvgIpc) is 2.86. The maximum absolute atomic E-state index is 11.0. The topological polar surface area (TPSA) is 54.9 Å². The van der Waals surface area contributed by atoms with Crippen LogP contribution in [0.15, 0.2) is 60.8 Å². The lowest BCUT2D eigenvalue weighted by atomic mass is 10.1. The number of amides is 1. The third kappa shape index (κ3) is 8.12. The van der Waals surface area contributed by atoms with E-state index in [0.29, 0.717) is 12.5 Å². The third-order valence-corrected chi connectivity index (χ3v) is 5.57. The Bertz CT molecular complexity index is 1020. The molecule has 2 heterocycles. The average molecular weight is 464 g/mol. The summed E-state index contributed by atoms with van der Waals surface area (Å²) in [5, 5.41) is 1.12. The van der Waals surface area contributed by atoms with E-state index in [1.807, 2.05) is 48.2 Å². The van der Waals surface area contributed by atoms with Crippen molar-refractivity contribution >= 4 is 17.3 Å². The van der Waals surface area contributed by atoms with Crippen molar-refractivity contribution in [2.24, 2.45) is 5.92 Å². The highest BCUT2D eigenvalue weighted by molar-refractivity contribution is 5.78. The Morgan fingerprint density at radius 2 is 1.91 bits per heavy atom. The molecule has 1 fully saturated rings. The molecule has 4 rings (SSSR count). The molecule has 1 aliphatic heterocycles. The number of fused-ring (bicyclic) bond motifs is 1. The Balaban J connectivity index is 0.000000192. The molecule has 0 bridgehead atoms. The number of aromatic nitrogens is 1. The van der Waals surface area contributed by atoms with Crippen molar-refractivity contribution in [2.45, 2.75) is 33.9 Å². The molecule has 0 radical (unpaired) electrons. The van der Waals surface area contributed by atoms with Gasteiger partial charge in [0.05, 0.1) is 25.3 Å². The van der Waals surface area contributed by atoms with Gasteiger partial charge in [0.15, 0.2) is 0 Å². The number of hydrogen-bond acceptors (Lipinski definition) is 5. The van der Waals surface area contributed by atoms with Gasteiger partial charge < -0.3 is 14.4 Å². The molecule has 0 aliphatic carbocycles. The van der Waals surface area contributed by atoms with Gasteiger partial charge in [-0.05, 0) is 42.7 Å². The second kappa shape index (κ2) is 13.7. The van der Waals surface area contributed by atoms with Gasteiger partial charge in [-0.1, -0.05) is 44.2 Å². The first-order valence-electron chi connectivity index (χ1n) is 12.1. The molecule has 34 heavy (non-hydrogen) atoms. The molecule has 6 heteroatoms. The Kier molecular flexibility index (Phi) is 10.3. The van der Waals surface area contributed by atoms with Gasteiger partial charge in [-0.2, -0.15) is 0 Å². The van der Waals surface area contributed by atoms with Crippen molar-refractivity contribution in [3.05, 3.63) is 71.9 Å². The highest BCUT2D eigenvalue weighted by Crippen LogP contribution is 2.20. The quantitative estimate of drug-likeness (QED) is 0.428. The molecular weight excluding hydrogens is 426 g/mol. The number of hydrogen-bond donors (Lipinski definition) is 0. The van der Waals surface area contributed by atoms with E-state index in [1.54, 1.807) is 6.20 Å². The maximum atomic E-state index is 11.0. The van der Waals surface area contributed by atoms with Gasteiger partial charge in [-0.3, -0.25) is 14.7 Å². The molecule has 0 saturated carbocycles. The minimum absolute atomic E-state index is 0.484. The highest BCUT2D eigenvalue weighted by Gasteiger charge is 2.12. The predicted octanol–water partition coefficient (Wildman–Crippen LogP) is 4.77. The Morgan fingerprint density at radius 3 is 2.65 bits per heavy atom. The maximum Gasteiger partial charge on any atom is 0.210 e. The molecular formula is C28H37N3O3. The van der Waals surface area contributed by atoms with Crippen molar-refractivity contribution in [3.63, 3.8) is 0 Å². The fourth-order valence-corrected chi connectivity index (χ4v) is 4.00. The number of para-hydroxylation sites is 1. The summed E-state index contributed by atoms with van der Waals surface area (Å²) in [6, 6.07) is 18.4. The number of pyridine rings is 1. The normalized spacial score (nSPS) is 13.9. The van der Waals surface area contributed by atoms with Crippen LogP contribution in [0.4, 0.5) is 0 Å². The summed E-state index contributed by atoms with van der Waals surface area (Å²) in [6.07, 6.45) is 2.71. The van der Waals surface area contributed by atoms with E-state index in [2.05, 4.69) is 41.9 Å². The van der Waals surface area contributed by atoms with E-state index in [9.17, 15) is 4.79 Å². The van der Waals surface area contributed by atoms with Crippen molar-refractivity contribution in [3.8, 4) is 5.75 Å². The van der Waals surface area contributed by atoms with Gasteiger partial charge in [0.2, 0.25) is 6.41 Å². The number of benzene rings is 2. The molecule has 0 unspecified atom stereocenters. The minimum Gasteiger partial charge on any atom is -0.494 e. The molecule has 0 N–H and O–H groups in total. The summed E-state index contributed by atoms with van der Waals surface area (Å²) in [4.78, 5) is 19.5. The number of nitrogens with zero attached hydrogens (tertiary/aromatic N) is 3. The van der Waals surface area contributed by atoms with E-state index >= 15 is 0 Å². The first-order valence-corrected chi connectivity index (χ1v) is 12.1. The predicted molar refractivity (Wildman–Crippen MR) is 137 cm³/mol. The SMILES string of the molecule is CC(C)CN(C=O)Cc1ccc2ncccc2c1.CCOc1ccccc1CN1CCOCC1. The zero-order chi connectivity index (χ0) is 24.2. The van der Waals surface area contributed by atoms with E-state index in [0.717, 1.165) is 74.6 Å². The molecule has 182 valence electrons. The van der Waals surface area contributed by atoms with Crippen molar-refractivity contribution in [1.29, 1.82) is 0 Å². The fourth-order valence-electron chi connectivity index (χ4n) is 4.00. The van der Waals surface area contributed by atoms with Gasteiger partial charge in [0.1, 0.15) is 5.75 Å². The molecule has 1 aliphatic rings. The van der Waals surface area contributed by atoms with E-state index in [1.165, 1.54) is 5.56 Å². The van der Waals surface area contributed by atoms with Crippen LogP contribution in [0.5, 0.6) is 5.75 Å². The molecule has 1 aromatic heterocycles. The summed E-state index contributed by atoms with van der Waals surface area (Å²) in [7, 11) is 0. The number of morpholine rings is 1. The van der Waals surface area contributed by atoms with Crippen LogP contribution in [-0.2, 0) is 22.6 Å². The summed E-state index contributed by atoms with van der Waals surface area (Å²) >= 11 is 0. The third-order valence-electron chi connectivity index (χ3n) is 5.57. The standard InChI is InChI=1S/C15H18N2O.C13H19NO2/c1-12(2)9-17(11-18)10-13-5-6-15-14(8-13)4-3-7-16-15;1-2-16-13-6-4-3-5-12(13)11-14-7-9-15-10-8-14/h3-8,11-12H,9-10H2,1-2H3;3-6H,2,7-11H2,1H3. The highest BCUT2D eigenvalue weighted by atomic mass is 16.5. The lowest BCUT2D eigenvalue weighted by Crippen LogP contribution is -2.35. The van der Waals surface area contributed by atoms with Crippen LogP contribution in [0.2, 0.25) is 0 Å². The summed E-state index contributed by atoms with van der Waals surface area (Å²) in [5.41, 5.74) is 3.40. The van der Waals surface area contributed by atoms with E-state index in [-0.39, 0.29) is 0 Å². The largest absolute Gasteiger partial charge is 0.494 e. The lowest BCUT2D eigenvalue weighted by Gasteiger charge is -2.27. The smallest absolute Gasteiger partial charge is 0.210 e. The number of rotatable bonds is 9. The van der Waals surface area contributed by atoms with Crippen molar-refractivity contribution in [2.75, 3.05) is 39.5 Å². The van der Waals surface area contributed by atoms with Crippen LogP contribution in [0.25, 0.3) is 10.9 Å². The van der Waals surface area contributed by atoms with Crippen molar-refractivity contribution < 1.29 is 14.3 Å². The minimum atomic E-state index is 0.484. The monoisotopic (exact) mass is 463 g/mol. The molecule has 6 nitrogen and oxygen atoms in total. The molecule has 0 atom stereocenters. The van der Waals surface area contributed by atoms with Crippen LogP contribution in [0, 0.1) is 5.92 Å². The Labute approximate surface area is 203 Å². The van der Waals surface area contributed by atoms with Crippen LogP contribution in [0.3, 0.4) is 0 Å². The summed E-state index contributed by atoms with van der Waals surface area (Å²) < 4.78 is 11.0. The van der Waals surface area contributed by atoms with Crippen LogP contribution in [0.1, 0.15) is 31.9 Å². The van der Waals surface area contributed by atoms with E-state index in [4.69, 9.17) is 9.47 Å². The van der Waals surface area contributed by atoms with Gasteiger partial charge in [-0.25, -0.2) is 0 Å².